The van der Waals surface area contributed by atoms with Gasteiger partial charge in [0.1, 0.15) is 5.70 Å². The lowest BCUT2D eigenvalue weighted by atomic mass is 10.1. The second-order valence-electron chi connectivity index (χ2n) is 4.65. The summed E-state index contributed by atoms with van der Waals surface area (Å²) in [6.07, 6.45) is 1.36. The van der Waals surface area contributed by atoms with Crippen LogP contribution in [0.2, 0.25) is 0 Å². The zero-order chi connectivity index (χ0) is 16.5. The SMILES string of the molecule is C=CCN1C(C(C)=O)=C(OC(C)=O)c2ccccc2S1(=O)=O. The molecule has 1 aliphatic heterocycles. The Morgan fingerprint density at radius 3 is 2.45 bits per heavy atom. The molecule has 0 atom stereocenters. The Balaban J connectivity index is 2.86. The highest BCUT2D eigenvalue weighted by Gasteiger charge is 2.39. The van der Waals surface area contributed by atoms with Gasteiger partial charge in [-0.15, -0.1) is 6.58 Å². The predicted octanol–water partition coefficient (Wildman–Crippen LogP) is 1.70. The third kappa shape index (κ3) is 2.55. The van der Waals surface area contributed by atoms with Crippen LogP contribution in [0.3, 0.4) is 0 Å². The molecule has 0 amide bonds. The predicted molar refractivity (Wildman–Crippen MR) is 79.9 cm³/mol. The van der Waals surface area contributed by atoms with E-state index in [1.807, 2.05) is 0 Å². The zero-order valence-corrected chi connectivity index (χ0v) is 13.0. The molecule has 0 radical (unpaired) electrons. The molecule has 0 unspecified atom stereocenters. The minimum absolute atomic E-state index is 0.0156. The van der Waals surface area contributed by atoms with E-state index in [1.165, 1.54) is 32.1 Å². The van der Waals surface area contributed by atoms with Gasteiger partial charge in [0.15, 0.2) is 11.5 Å². The Bertz CT molecular complexity index is 792. The smallest absolute Gasteiger partial charge is 0.308 e. The summed E-state index contributed by atoms with van der Waals surface area (Å²) in [6, 6.07) is 6.08. The van der Waals surface area contributed by atoms with Crippen LogP contribution in [0, 0.1) is 0 Å². The van der Waals surface area contributed by atoms with Crippen molar-refractivity contribution in [1.29, 1.82) is 0 Å². The van der Waals surface area contributed by atoms with E-state index in [0.29, 0.717) is 0 Å². The van der Waals surface area contributed by atoms with Gasteiger partial charge in [-0.2, -0.15) is 0 Å². The van der Waals surface area contributed by atoms with Gasteiger partial charge in [0, 0.05) is 19.4 Å². The summed E-state index contributed by atoms with van der Waals surface area (Å²) in [5.74, 6) is -1.20. The largest absolute Gasteiger partial charge is 0.424 e. The van der Waals surface area contributed by atoms with Gasteiger partial charge >= 0.3 is 5.97 Å². The van der Waals surface area contributed by atoms with Gasteiger partial charge in [0.25, 0.3) is 10.0 Å². The molecular weight excluding hydrogens is 306 g/mol. The summed E-state index contributed by atoms with van der Waals surface area (Å²) < 4.78 is 31.4. The molecule has 0 aromatic heterocycles. The molecule has 6 nitrogen and oxygen atoms in total. The first kappa shape index (κ1) is 16.0. The van der Waals surface area contributed by atoms with Crippen molar-refractivity contribution in [3.05, 3.63) is 48.2 Å². The van der Waals surface area contributed by atoms with E-state index in [-0.39, 0.29) is 28.5 Å². The number of hydrogen-bond acceptors (Lipinski definition) is 5. The number of carbonyl (C=O) groups excluding carboxylic acids is 2. The normalized spacial score (nSPS) is 16.0. The van der Waals surface area contributed by atoms with Gasteiger partial charge in [0.05, 0.1) is 11.4 Å². The number of esters is 1. The fourth-order valence-electron chi connectivity index (χ4n) is 2.25. The number of fused-ring (bicyclic) bond motifs is 1. The van der Waals surface area contributed by atoms with Crippen LogP contribution in [0.25, 0.3) is 5.76 Å². The number of Topliss-reactive ketones (excluding diaryl/α,β-unsaturated/α-hetero) is 1. The highest BCUT2D eigenvalue weighted by molar-refractivity contribution is 7.89. The highest BCUT2D eigenvalue weighted by Crippen LogP contribution is 2.37. The molecule has 2 rings (SSSR count). The number of rotatable bonds is 4. The van der Waals surface area contributed by atoms with E-state index < -0.39 is 21.8 Å². The van der Waals surface area contributed by atoms with Gasteiger partial charge in [-0.1, -0.05) is 18.2 Å². The lowest BCUT2D eigenvalue weighted by Gasteiger charge is -2.31. The maximum absolute atomic E-state index is 12.7. The summed E-state index contributed by atoms with van der Waals surface area (Å²) in [7, 11) is -3.92. The molecular formula is C15H15NO5S. The number of ketones is 1. The Kier molecular flexibility index (Phi) is 4.18. The van der Waals surface area contributed by atoms with E-state index in [1.54, 1.807) is 12.1 Å². The highest BCUT2D eigenvalue weighted by atomic mass is 32.2. The van der Waals surface area contributed by atoms with Gasteiger partial charge in [-0.05, 0) is 12.1 Å². The summed E-state index contributed by atoms with van der Waals surface area (Å²) in [5.41, 5.74) is 0.0250. The van der Waals surface area contributed by atoms with Crippen LogP contribution >= 0.6 is 0 Å². The van der Waals surface area contributed by atoms with Crippen molar-refractivity contribution in [3.63, 3.8) is 0 Å². The fraction of sp³-hybridized carbons (Fsp3) is 0.200. The fourth-order valence-corrected chi connectivity index (χ4v) is 3.93. The quantitative estimate of drug-likeness (QED) is 0.623. The number of ether oxygens (including phenoxy) is 1. The average molecular weight is 321 g/mol. The van der Waals surface area contributed by atoms with Gasteiger partial charge in [-0.25, -0.2) is 8.42 Å². The molecule has 0 saturated heterocycles. The van der Waals surface area contributed by atoms with E-state index in [9.17, 15) is 18.0 Å². The van der Waals surface area contributed by atoms with Crippen LogP contribution in [0.15, 0.2) is 47.5 Å². The molecule has 0 fully saturated rings. The molecule has 0 spiro atoms. The molecule has 116 valence electrons. The zero-order valence-electron chi connectivity index (χ0n) is 12.2. The minimum atomic E-state index is -3.92. The lowest BCUT2D eigenvalue weighted by molar-refractivity contribution is -0.134. The molecule has 22 heavy (non-hydrogen) atoms. The number of carbonyl (C=O) groups is 2. The van der Waals surface area contributed by atoms with Crippen molar-refractivity contribution in [2.24, 2.45) is 0 Å². The second-order valence-corrected chi connectivity index (χ2v) is 6.48. The third-order valence-electron chi connectivity index (χ3n) is 3.04. The Morgan fingerprint density at radius 1 is 1.27 bits per heavy atom. The van der Waals surface area contributed by atoms with Crippen LogP contribution in [-0.4, -0.2) is 31.0 Å². The summed E-state index contributed by atoms with van der Waals surface area (Å²) in [5, 5.41) is 0. The monoisotopic (exact) mass is 321 g/mol. The maximum Gasteiger partial charge on any atom is 0.308 e. The molecule has 7 heteroatoms. The van der Waals surface area contributed by atoms with Gasteiger partial charge in [0.2, 0.25) is 0 Å². The molecule has 0 N–H and O–H groups in total. The molecule has 1 aromatic rings. The van der Waals surface area contributed by atoms with E-state index >= 15 is 0 Å². The van der Waals surface area contributed by atoms with Crippen molar-refractivity contribution < 1.29 is 22.7 Å². The van der Waals surface area contributed by atoms with E-state index in [4.69, 9.17) is 4.74 Å². The van der Waals surface area contributed by atoms with E-state index in [2.05, 4.69) is 6.58 Å². The summed E-state index contributed by atoms with van der Waals surface area (Å²) in [4.78, 5) is 23.3. The first-order valence-corrected chi connectivity index (χ1v) is 7.91. The Morgan fingerprint density at radius 2 is 1.91 bits per heavy atom. The van der Waals surface area contributed by atoms with Crippen LogP contribution < -0.4 is 0 Å². The van der Waals surface area contributed by atoms with Gasteiger partial charge in [-0.3, -0.25) is 13.9 Å². The summed E-state index contributed by atoms with van der Waals surface area (Å²) in [6.45, 7) is 5.82. The number of nitrogens with zero attached hydrogens (tertiary/aromatic N) is 1. The number of hydrogen-bond donors (Lipinski definition) is 0. The van der Waals surface area contributed by atoms with Crippen molar-refractivity contribution in [2.75, 3.05) is 6.54 Å². The van der Waals surface area contributed by atoms with Crippen LogP contribution in [0.4, 0.5) is 0 Å². The van der Waals surface area contributed by atoms with Crippen LogP contribution in [-0.2, 0) is 24.3 Å². The average Bonchev–Trinajstić information content (AvgIpc) is 2.43. The third-order valence-corrected chi connectivity index (χ3v) is 4.86. The number of allylic oxidation sites excluding steroid dienone is 1. The molecule has 1 aromatic carbocycles. The molecule has 0 bridgehead atoms. The van der Waals surface area contributed by atoms with Crippen molar-refractivity contribution >= 4 is 27.5 Å². The first-order chi connectivity index (χ1) is 10.3. The molecule has 0 saturated carbocycles. The van der Waals surface area contributed by atoms with Crippen molar-refractivity contribution in [1.82, 2.24) is 4.31 Å². The second kappa shape index (κ2) is 5.76. The molecule has 1 heterocycles. The Hall–Kier alpha value is -2.41. The first-order valence-electron chi connectivity index (χ1n) is 6.47. The number of sulfonamides is 1. The summed E-state index contributed by atoms with van der Waals surface area (Å²) >= 11 is 0. The van der Waals surface area contributed by atoms with Crippen LogP contribution in [0.5, 0.6) is 0 Å². The van der Waals surface area contributed by atoms with Crippen molar-refractivity contribution in [2.45, 2.75) is 18.7 Å². The minimum Gasteiger partial charge on any atom is -0.424 e. The maximum atomic E-state index is 12.7. The van der Waals surface area contributed by atoms with Crippen LogP contribution in [0.1, 0.15) is 19.4 Å². The molecule has 0 aliphatic carbocycles. The number of benzene rings is 1. The topological polar surface area (TPSA) is 80.8 Å². The molecule has 1 aliphatic rings. The van der Waals surface area contributed by atoms with Gasteiger partial charge < -0.3 is 4.74 Å². The van der Waals surface area contributed by atoms with Crippen molar-refractivity contribution in [3.8, 4) is 0 Å². The standard InChI is InChI=1S/C15H15NO5S/c1-4-9-16-14(10(2)17)15(21-11(3)18)12-7-5-6-8-13(12)22(16,19)20/h4-8H,1,9H2,2-3H3. The lowest BCUT2D eigenvalue weighted by Crippen LogP contribution is -2.38. The van der Waals surface area contributed by atoms with E-state index in [0.717, 1.165) is 4.31 Å². The Labute approximate surface area is 128 Å².